The van der Waals surface area contributed by atoms with Gasteiger partial charge in [-0.15, -0.1) is 0 Å². The van der Waals surface area contributed by atoms with E-state index in [1.807, 2.05) is 0 Å². The molecule has 2 aromatic rings. The number of anilines is 1. The molecule has 0 saturated carbocycles. The van der Waals surface area contributed by atoms with Crippen molar-refractivity contribution >= 4 is 35.0 Å². The van der Waals surface area contributed by atoms with Gasteiger partial charge < -0.3 is 15.2 Å². The second kappa shape index (κ2) is 10.1. The largest absolute Gasteiger partial charge is 0.459 e. The van der Waals surface area contributed by atoms with Crippen LogP contribution in [0.25, 0.3) is 0 Å². The third-order valence-electron chi connectivity index (χ3n) is 4.42. The molecule has 0 radical (unpaired) electrons. The Morgan fingerprint density at radius 2 is 1.47 bits per heavy atom. The molecule has 0 aromatic heterocycles. The maximum absolute atomic E-state index is 15.6. The van der Waals surface area contributed by atoms with Crippen LogP contribution < -0.4 is 5.73 Å². The lowest BCUT2D eigenvalue weighted by Crippen LogP contribution is -2.36. The van der Waals surface area contributed by atoms with Crippen molar-refractivity contribution in [2.75, 3.05) is 5.73 Å². The molecule has 2 rings (SSSR count). The molecule has 0 aliphatic carbocycles. The van der Waals surface area contributed by atoms with Crippen LogP contribution in [0.2, 0.25) is 5.02 Å². The van der Waals surface area contributed by atoms with E-state index in [0.29, 0.717) is 0 Å². The quantitative estimate of drug-likeness (QED) is 0.250. The number of hydrogen-bond donors (Lipinski definition) is 1. The van der Waals surface area contributed by atoms with E-state index >= 15 is 4.39 Å². The van der Waals surface area contributed by atoms with Crippen LogP contribution in [0.5, 0.6) is 0 Å². The lowest BCUT2D eigenvalue weighted by molar-refractivity contribution is -0.169. The summed E-state index contributed by atoms with van der Waals surface area (Å²) in [6.07, 6.45) is -0.516. The number of Topliss-reactive ketones (excluding diaryl/α,β-unsaturated/α-hetero) is 1. The van der Waals surface area contributed by atoms with E-state index < -0.39 is 58.5 Å². The molecule has 0 bridgehead atoms. The van der Waals surface area contributed by atoms with Crippen molar-refractivity contribution in [2.45, 2.75) is 65.1 Å². The highest BCUT2D eigenvalue weighted by Crippen LogP contribution is 2.31. The molecule has 9 heteroatoms. The summed E-state index contributed by atoms with van der Waals surface area (Å²) in [7, 11) is 0. The molecule has 0 aliphatic rings. The first-order valence-electron chi connectivity index (χ1n) is 10.5. The molecule has 0 amide bonds. The number of hydrogen-bond acceptors (Lipinski definition) is 6. The molecule has 0 saturated heterocycles. The van der Waals surface area contributed by atoms with Crippen molar-refractivity contribution in [3.05, 3.63) is 63.7 Å². The highest BCUT2D eigenvalue weighted by atomic mass is 35.5. The van der Waals surface area contributed by atoms with Gasteiger partial charge in [-0.1, -0.05) is 17.7 Å². The van der Waals surface area contributed by atoms with Gasteiger partial charge in [0.15, 0.2) is 11.7 Å². The van der Waals surface area contributed by atoms with Gasteiger partial charge in [0.2, 0.25) is 0 Å². The van der Waals surface area contributed by atoms with Crippen LogP contribution in [-0.4, -0.2) is 28.9 Å². The standard InChI is InChI=1S/C25H28ClF2NO5/c1-24(2,3)33-22(31)20(23(32)34-25(4,5)6)19-17(27)10-7-13(21(19)28)11-18(30)15-12-14(29)8-9-16(15)26/h7-10,12,20H,11,29H2,1-6H3. The normalized spacial score (nSPS) is 11.9. The van der Waals surface area contributed by atoms with E-state index in [-0.39, 0.29) is 21.8 Å². The zero-order chi connectivity index (χ0) is 26.0. The number of carbonyl (C=O) groups excluding carboxylic acids is 3. The zero-order valence-electron chi connectivity index (χ0n) is 19.9. The Labute approximate surface area is 202 Å². The Bertz CT molecular complexity index is 1090. The molecule has 0 unspecified atom stereocenters. The monoisotopic (exact) mass is 495 g/mol. The molecule has 0 fully saturated rings. The van der Waals surface area contributed by atoms with E-state index in [1.165, 1.54) is 18.2 Å². The van der Waals surface area contributed by atoms with E-state index in [0.717, 1.165) is 12.1 Å². The highest BCUT2D eigenvalue weighted by Gasteiger charge is 2.40. The maximum atomic E-state index is 15.6. The number of halogens is 3. The maximum Gasteiger partial charge on any atom is 0.325 e. The Balaban J connectivity index is 2.55. The van der Waals surface area contributed by atoms with Crippen LogP contribution in [-0.2, 0) is 25.5 Å². The number of benzene rings is 2. The smallest absolute Gasteiger partial charge is 0.325 e. The van der Waals surface area contributed by atoms with E-state index in [4.69, 9.17) is 26.8 Å². The number of esters is 2. The Hall–Kier alpha value is -3.00. The van der Waals surface area contributed by atoms with Crippen LogP contribution in [0.1, 0.15) is 68.9 Å². The topological polar surface area (TPSA) is 95.7 Å². The van der Waals surface area contributed by atoms with Gasteiger partial charge in [0.1, 0.15) is 22.8 Å². The Kier molecular flexibility index (Phi) is 8.09. The minimum Gasteiger partial charge on any atom is -0.459 e. The number of rotatable bonds is 6. The molecular weight excluding hydrogens is 468 g/mol. The van der Waals surface area contributed by atoms with Gasteiger partial charge in [0, 0.05) is 23.2 Å². The molecule has 2 aromatic carbocycles. The summed E-state index contributed by atoms with van der Waals surface area (Å²) in [5.74, 6) is -7.36. The number of ketones is 1. The summed E-state index contributed by atoms with van der Waals surface area (Å²) in [5, 5.41) is 0.113. The average Bonchev–Trinajstić information content (AvgIpc) is 2.66. The summed E-state index contributed by atoms with van der Waals surface area (Å²) in [4.78, 5) is 38.5. The van der Waals surface area contributed by atoms with Crippen LogP contribution in [0.15, 0.2) is 30.3 Å². The fourth-order valence-electron chi connectivity index (χ4n) is 3.09. The molecule has 2 N–H and O–H groups in total. The summed E-state index contributed by atoms with van der Waals surface area (Å²) in [6, 6.07) is 6.22. The van der Waals surface area contributed by atoms with Crippen molar-refractivity contribution in [3.63, 3.8) is 0 Å². The number of ether oxygens (including phenoxy) is 2. The molecule has 0 atom stereocenters. The summed E-state index contributed by atoms with van der Waals surface area (Å²) in [6.45, 7) is 9.30. The van der Waals surface area contributed by atoms with E-state index in [2.05, 4.69) is 0 Å². The van der Waals surface area contributed by atoms with Gasteiger partial charge in [-0.05, 0) is 71.4 Å². The first-order valence-corrected chi connectivity index (χ1v) is 10.9. The first kappa shape index (κ1) is 27.2. The number of nitrogen functional groups attached to an aromatic ring is 1. The van der Waals surface area contributed by atoms with Crippen molar-refractivity contribution < 1.29 is 32.6 Å². The molecule has 0 heterocycles. The predicted octanol–water partition coefficient (Wildman–Crippen LogP) is 5.39. The average molecular weight is 496 g/mol. The van der Waals surface area contributed by atoms with Gasteiger partial charge in [0.25, 0.3) is 0 Å². The highest BCUT2D eigenvalue weighted by molar-refractivity contribution is 6.34. The molecular formula is C25H28ClF2NO5. The van der Waals surface area contributed by atoms with Crippen molar-refractivity contribution in [2.24, 2.45) is 0 Å². The number of nitrogens with two attached hydrogens (primary N) is 1. The number of carbonyl (C=O) groups is 3. The molecule has 34 heavy (non-hydrogen) atoms. The summed E-state index contributed by atoms with van der Waals surface area (Å²) >= 11 is 6.06. The Morgan fingerprint density at radius 3 is 1.97 bits per heavy atom. The van der Waals surface area contributed by atoms with E-state index in [9.17, 15) is 18.8 Å². The summed E-state index contributed by atoms with van der Waals surface area (Å²) in [5.41, 5.74) is 2.87. The SMILES string of the molecule is CC(C)(C)OC(=O)C(C(=O)OC(C)(C)C)c1c(F)ccc(CC(=O)c2cc(N)ccc2Cl)c1F. The summed E-state index contributed by atoms with van der Waals surface area (Å²) < 4.78 is 40.9. The van der Waals surface area contributed by atoms with Gasteiger partial charge >= 0.3 is 11.9 Å². The van der Waals surface area contributed by atoms with Crippen LogP contribution in [0, 0.1) is 11.6 Å². The first-order chi connectivity index (χ1) is 15.5. The minimum absolute atomic E-state index is 0.0581. The minimum atomic E-state index is -2.04. The predicted molar refractivity (Wildman–Crippen MR) is 125 cm³/mol. The molecule has 0 spiro atoms. The molecule has 0 aliphatic heterocycles. The second-order valence-electron chi connectivity index (χ2n) is 9.77. The van der Waals surface area contributed by atoms with Crippen molar-refractivity contribution in [1.29, 1.82) is 0 Å². The second-order valence-corrected chi connectivity index (χ2v) is 10.2. The van der Waals surface area contributed by atoms with Crippen LogP contribution >= 0.6 is 11.6 Å². The van der Waals surface area contributed by atoms with Crippen molar-refractivity contribution in [3.8, 4) is 0 Å². The fraction of sp³-hybridized carbons (Fsp3) is 0.400. The third-order valence-corrected chi connectivity index (χ3v) is 4.75. The third kappa shape index (κ3) is 7.00. The zero-order valence-corrected chi connectivity index (χ0v) is 20.7. The van der Waals surface area contributed by atoms with Gasteiger partial charge in [0.05, 0.1) is 5.02 Å². The van der Waals surface area contributed by atoms with Crippen LogP contribution in [0.3, 0.4) is 0 Å². The van der Waals surface area contributed by atoms with Gasteiger partial charge in [-0.2, -0.15) is 0 Å². The van der Waals surface area contributed by atoms with Gasteiger partial charge in [-0.25, -0.2) is 8.78 Å². The van der Waals surface area contributed by atoms with E-state index in [1.54, 1.807) is 41.5 Å². The molecule has 6 nitrogen and oxygen atoms in total. The fourth-order valence-corrected chi connectivity index (χ4v) is 3.32. The lowest BCUT2D eigenvalue weighted by atomic mass is 9.92. The van der Waals surface area contributed by atoms with Gasteiger partial charge in [-0.3, -0.25) is 14.4 Å². The molecule has 184 valence electrons. The van der Waals surface area contributed by atoms with Crippen molar-refractivity contribution in [1.82, 2.24) is 0 Å². The Morgan fingerprint density at radius 1 is 0.941 bits per heavy atom. The van der Waals surface area contributed by atoms with Crippen LogP contribution in [0.4, 0.5) is 14.5 Å². The lowest BCUT2D eigenvalue weighted by Gasteiger charge is -2.27.